The Labute approximate surface area is 234 Å². The lowest BCUT2D eigenvalue weighted by molar-refractivity contribution is -0.120. The normalized spacial score (nSPS) is 15.4. The molecule has 2 heterocycles. The maximum atomic E-state index is 13.5. The Bertz CT molecular complexity index is 1580. The maximum Gasteiger partial charge on any atom is 0.252 e. The number of nitrogens with zero attached hydrogens (tertiary/aromatic N) is 1. The second-order valence-corrected chi connectivity index (χ2v) is 11.4. The van der Waals surface area contributed by atoms with Gasteiger partial charge in [0.25, 0.3) is 5.91 Å². The molecule has 4 aromatic rings. The van der Waals surface area contributed by atoms with E-state index in [-0.39, 0.29) is 17.6 Å². The minimum Gasteiger partial charge on any atom is -0.508 e. The Morgan fingerprint density at radius 2 is 1.73 bits per heavy atom. The summed E-state index contributed by atoms with van der Waals surface area (Å²) in [5.41, 5.74) is 4.59. The highest BCUT2D eigenvalue weighted by Gasteiger charge is 2.32. The summed E-state index contributed by atoms with van der Waals surface area (Å²) in [5.74, 6) is 0.831. The first kappa shape index (κ1) is 26.0. The zero-order valence-electron chi connectivity index (χ0n) is 23.0. The van der Waals surface area contributed by atoms with Gasteiger partial charge in [-0.15, -0.1) is 0 Å². The summed E-state index contributed by atoms with van der Waals surface area (Å²) >= 11 is 0. The van der Waals surface area contributed by atoms with Gasteiger partial charge >= 0.3 is 0 Å². The van der Waals surface area contributed by atoms with Crippen molar-refractivity contribution >= 4 is 28.4 Å². The van der Waals surface area contributed by atoms with E-state index in [4.69, 9.17) is 4.74 Å². The molecule has 0 spiro atoms. The van der Waals surface area contributed by atoms with Gasteiger partial charge in [0.15, 0.2) is 0 Å². The molecule has 7 nitrogen and oxygen atoms in total. The molecule has 206 valence electrons. The molecule has 6 rings (SSSR count). The van der Waals surface area contributed by atoms with E-state index in [1.807, 2.05) is 24.3 Å². The smallest absolute Gasteiger partial charge is 0.252 e. The number of carbonyl (C=O) groups excluding carboxylic acids is 2. The van der Waals surface area contributed by atoms with E-state index in [2.05, 4.69) is 33.4 Å². The topological polar surface area (TPSA) is 92.6 Å². The molecule has 3 aromatic carbocycles. The molecular formula is C33H35N3O4. The summed E-state index contributed by atoms with van der Waals surface area (Å²) in [4.78, 5) is 26.5. The number of rotatable bonds is 5. The third-order valence-corrected chi connectivity index (χ3v) is 8.21. The van der Waals surface area contributed by atoms with Crippen molar-refractivity contribution in [1.29, 1.82) is 0 Å². The lowest BCUT2D eigenvalue weighted by atomic mass is 9.81. The van der Waals surface area contributed by atoms with E-state index < -0.39 is 5.54 Å². The van der Waals surface area contributed by atoms with Crippen LogP contribution in [0.25, 0.3) is 22.2 Å². The average Bonchev–Trinajstić information content (AvgIpc) is 3.15. The lowest BCUT2D eigenvalue weighted by Gasteiger charge is -2.25. The molecule has 1 saturated carbocycles. The summed E-state index contributed by atoms with van der Waals surface area (Å²) in [7, 11) is 0. The summed E-state index contributed by atoms with van der Waals surface area (Å²) in [6.07, 6.45) is 6.08. The van der Waals surface area contributed by atoms with Crippen LogP contribution in [0.4, 0.5) is 5.69 Å². The van der Waals surface area contributed by atoms with Gasteiger partial charge in [-0.3, -0.25) is 9.59 Å². The van der Waals surface area contributed by atoms with Crippen molar-refractivity contribution in [3.05, 3.63) is 77.9 Å². The number of phenolic OH excluding ortho intramolecular Hbond substituents is 1. The number of phenols is 1. The number of para-hydroxylation sites is 1. The highest BCUT2D eigenvalue weighted by molar-refractivity contribution is 6.05. The number of benzene rings is 3. The monoisotopic (exact) mass is 537 g/mol. The van der Waals surface area contributed by atoms with Gasteiger partial charge in [-0.25, -0.2) is 0 Å². The molecule has 0 saturated heterocycles. The minimum atomic E-state index is -1.17. The molecule has 1 aromatic heterocycles. The van der Waals surface area contributed by atoms with Crippen molar-refractivity contribution < 1.29 is 19.4 Å². The first-order valence-corrected chi connectivity index (χ1v) is 14.1. The van der Waals surface area contributed by atoms with E-state index in [1.54, 1.807) is 26.0 Å². The molecular weight excluding hydrogens is 502 g/mol. The van der Waals surface area contributed by atoms with Crippen LogP contribution in [0, 0.1) is 0 Å². The van der Waals surface area contributed by atoms with Crippen LogP contribution in [0.15, 0.2) is 66.7 Å². The number of fused-ring (bicyclic) bond motifs is 5. The fourth-order valence-electron chi connectivity index (χ4n) is 6.12. The van der Waals surface area contributed by atoms with E-state index in [0.717, 1.165) is 16.8 Å². The predicted molar refractivity (Wildman–Crippen MR) is 157 cm³/mol. The van der Waals surface area contributed by atoms with E-state index >= 15 is 0 Å². The summed E-state index contributed by atoms with van der Waals surface area (Å²) in [6.45, 7) is 4.60. The van der Waals surface area contributed by atoms with Crippen molar-refractivity contribution in [2.75, 3.05) is 11.9 Å². The van der Waals surface area contributed by atoms with Crippen molar-refractivity contribution in [3.8, 4) is 22.8 Å². The molecule has 2 amide bonds. The third-order valence-electron chi connectivity index (χ3n) is 8.21. The van der Waals surface area contributed by atoms with Crippen molar-refractivity contribution in [1.82, 2.24) is 9.88 Å². The number of hydrogen-bond acceptors (Lipinski definition) is 4. The Hall–Kier alpha value is -4.26. The number of anilines is 1. The Morgan fingerprint density at radius 1 is 0.975 bits per heavy atom. The minimum absolute atomic E-state index is 0.117. The molecule has 40 heavy (non-hydrogen) atoms. The number of aromatic nitrogens is 1. The van der Waals surface area contributed by atoms with Crippen LogP contribution in [-0.2, 0) is 11.3 Å². The number of nitrogens with one attached hydrogen (secondary N) is 2. The number of amides is 2. The van der Waals surface area contributed by atoms with Crippen molar-refractivity contribution in [2.24, 2.45) is 0 Å². The fraction of sp³-hybridized carbons (Fsp3) is 0.333. The fourth-order valence-corrected chi connectivity index (χ4v) is 6.12. The summed E-state index contributed by atoms with van der Waals surface area (Å²) in [5, 5.41) is 16.4. The van der Waals surface area contributed by atoms with Crippen LogP contribution in [0.1, 0.15) is 67.8 Å². The summed E-state index contributed by atoms with van der Waals surface area (Å²) in [6, 6.07) is 20.4. The van der Waals surface area contributed by atoms with Gasteiger partial charge in [-0.1, -0.05) is 37.5 Å². The largest absolute Gasteiger partial charge is 0.508 e. The molecule has 0 bridgehead atoms. The average molecular weight is 538 g/mol. The van der Waals surface area contributed by atoms with E-state index in [9.17, 15) is 14.7 Å². The molecule has 2 aliphatic rings. The van der Waals surface area contributed by atoms with Gasteiger partial charge in [0, 0.05) is 27.7 Å². The first-order chi connectivity index (χ1) is 19.3. The lowest BCUT2D eigenvalue weighted by Crippen LogP contribution is -2.52. The zero-order valence-corrected chi connectivity index (χ0v) is 23.0. The zero-order chi connectivity index (χ0) is 27.9. The number of aromatic hydroxyl groups is 1. The molecule has 0 radical (unpaired) electrons. The van der Waals surface area contributed by atoms with Gasteiger partial charge in [-0.2, -0.15) is 0 Å². The molecule has 1 aliphatic heterocycles. The highest BCUT2D eigenvalue weighted by atomic mass is 16.5. The van der Waals surface area contributed by atoms with Crippen LogP contribution in [-0.4, -0.2) is 33.6 Å². The number of carbonyl (C=O) groups is 2. The van der Waals surface area contributed by atoms with Gasteiger partial charge in [0.1, 0.15) is 23.6 Å². The Kier molecular flexibility index (Phi) is 6.74. The van der Waals surface area contributed by atoms with Crippen molar-refractivity contribution in [3.63, 3.8) is 0 Å². The highest BCUT2D eigenvalue weighted by Crippen LogP contribution is 2.47. The van der Waals surface area contributed by atoms with E-state index in [0.29, 0.717) is 30.3 Å². The second-order valence-electron chi connectivity index (χ2n) is 11.4. The van der Waals surface area contributed by atoms with Gasteiger partial charge < -0.3 is 25.0 Å². The SMILES string of the molecule is CC(C)(NC(=O)c1ccc2c(C3CCCCC3)c3n(c2c1)CCOc1ccccc1-3)C(=O)Nc1ccc(O)cc1. The van der Waals surface area contributed by atoms with Gasteiger partial charge in [0.05, 0.1) is 12.2 Å². The quantitative estimate of drug-likeness (QED) is 0.250. The summed E-state index contributed by atoms with van der Waals surface area (Å²) < 4.78 is 8.47. The van der Waals surface area contributed by atoms with Crippen LogP contribution < -0.4 is 15.4 Å². The molecule has 0 unspecified atom stereocenters. The molecule has 1 aliphatic carbocycles. The molecule has 3 N–H and O–H groups in total. The molecule has 1 fully saturated rings. The van der Waals surface area contributed by atoms with Crippen molar-refractivity contribution in [2.45, 2.75) is 64.0 Å². The van der Waals surface area contributed by atoms with Crippen LogP contribution in [0.2, 0.25) is 0 Å². The van der Waals surface area contributed by atoms with Crippen LogP contribution >= 0.6 is 0 Å². The van der Waals surface area contributed by atoms with Crippen LogP contribution in [0.5, 0.6) is 11.5 Å². The molecule has 0 atom stereocenters. The Morgan fingerprint density at radius 3 is 2.50 bits per heavy atom. The number of hydrogen-bond donors (Lipinski definition) is 3. The Balaban J connectivity index is 1.35. The van der Waals surface area contributed by atoms with E-state index in [1.165, 1.54) is 60.9 Å². The van der Waals surface area contributed by atoms with Gasteiger partial charge in [-0.05, 0) is 86.7 Å². The molecule has 7 heteroatoms. The van der Waals surface area contributed by atoms with Crippen LogP contribution in [0.3, 0.4) is 0 Å². The van der Waals surface area contributed by atoms with Gasteiger partial charge in [0.2, 0.25) is 5.91 Å². The third kappa shape index (κ3) is 4.81. The predicted octanol–water partition coefficient (Wildman–Crippen LogP) is 6.60. The maximum absolute atomic E-state index is 13.5. The second kappa shape index (κ2) is 10.4. The first-order valence-electron chi connectivity index (χ1n) is 14.1. The number of ether oxygens (including phenoxy) is 1. The standard InChI is InChI=1S/C33H35N3O4/c1-33(2,32(39)34-23-13-15-24(37)16-14-23)35-31(38)22-12-17-25-27(20-22)36-18-19-40-28-11-7-6-10-26(28)30(36)29(25)21-8-4-3-5-9-21/h6-7,10-17,20-21,37H,3-5,8-9,18-19H2,1-2H3,(H,34,39)(H,35,38).